The molecule has 3 rings (SSSR count). The third-order valence-corrected chi connectivity index (χ3v) is 5.91. The quantitative estimate of drug-likeness (QED) is 0.257. The monoisotopic (exact) mass is 455 g/mol. The molecule has 0 saturated heterocycles. The van der Waals surface area contributed by atoms with Crippen LogP contribution in [0.2, 0.25) is 0 Å². The highest BCUT2D eigenvalue weighted by molar-refractivity contribution is 7.51. The second kappa shape index (κ2) is 11.9. The summed E-state index contributed by atoms with van der Waals surface area (Å²) < 4.78 is 16.8. The summed E-state index contributed by atoms with van der Waals surface area (Å²) in [5.41, 5.74) is 4.26. The zero-order valence-electron chi connectivity index (χ0n) is 18.3. The summed E-state index contributed by atoms with van der Waals surface area (Å²) in [6.45, 7) is 3.35. The largest absolute Gasteiger partial charge is 0.417 e. The Labute approximate surface area is 188 Å². The average molecular weight is 455 g/mol. The van der Waals surface area contributed by atoms with Crippen LogP contribution in [0.3, 0.4) is 0 Å². The number of benzene rings is 2. The van der Waals surface area contributed by atoms with Crippen LogP contribution in [0.15, 0.2) is 59.0 Å². The molecule has 8 heteroatoms. The average Bonchev–Trinajstić information content (AvgIpc) is 3.25. The molecule has 0 aliphatic heterocycles. The van der Waals surface area contributed by atoms with E-state index in [0.29, 0.717) is 31.3 Å². The lowest BCUT2D eigenvalue weighted by atomic mass is 10.00. The normalized spacial score (nSPS) is 12.3. The van der Waals surface area contributed by atoms with Crippen molar-refractivity contribution in [2.45, 2.75) is 39.2 Å². The molecule has 0 atom stereocenters. The molecule has 3 aromatic rings. The number of hydrogen-bond acceptors (Lipinski definition) is 5. The Bertz CT molecular complexity index is 1040. The Balaban J connectivity index is 1.62. The first kappa shape index (κ1) is 24.1. The van der Waals surface area contributed by atoms with Gasteiger partial charge in [-0.25, -0.2) is 0 Å². The van der Waals surface area contributed by atoms with Crippen LogP contribution < -0.4 is 5.32 Å². The van der Waals surface area contributed by atoms with Gasteiger partial charge in [0.25, 0.3) is 0 Å². The van der Waals surface area contributed by atoms with Crippen LogP contribution in [0.4, 0.5) is 0 Å². The number of nitrogens with one attached hydrogen (secondary N) is 1. The highest BCUT2D eigenvalue weighted by atomic mass is 31.2. The molecule has 2 aromatic carbocycles. The molecule has 0 spiro atoms. The van der Waals surface area contributed by atoms with Gasteiger partial charge in [0, 0.05) is 18.2 Å². The van der Waals surface area contributed by atoms with E-state index in [4.69, 9.17) is 14.2 Å². The summed E-state index contributed by atoms with van der Waals surface area (Å²) in [6.07, 6.45) is 5.47. The molecule has 0 bridgehead atoms. The van der Waals surface area contributed by atoms with E-state index in [2.05, 4.69) is 34.6 Å². The predicted octanol–water partition coefficient (Wildman–Crippen LogP) is 5.12. The van der Waals surface area contributed by atoms with E-state index in [1.54, 1.807) is 0 Å². The molecule has 1 heterocycles. The van der Waals surface area contributed by atoms with Crippen molar-refractivity contribution in [1.29, 1.82) is 0 Å². The molecule has 0 aliphatic carbocycles. The Morgan fingerprint density at radius 1 is 1.06 bits per heavy atom. The van der Waals surface area contributed by atoms with Crippen molar-refractivity contribution in [3.05, 3.63) is 71.6 Å². The first-order chi connectivity index (χ1) is 15.4. The maximum absolute atomic E-state index is 10.9. The van der Waals surface area contributed by atoms with Gasteiger partial charge in [-0.05, 0) is 54.6 Å². The van der Waals surface area contributed by atoms with Gasteiger partial charge in [-0.1, -0.05) is 55.8 Å². The van der Waals surface area contributed by atoms with Crippen LogP contribution in [-0.2, 0) is 11.1 Å². The summed E-state index contributed by atoms with van der Waals surface area (Å²) in [7, 11) is -3.92. The summed E-state index contributed by atoms with van der Waals surface area (Å²) in [5, 5.41) is 11.6. The van der Waals surface area contributed by atoms with E-state index >= 15 is 0 Å². The van der Waals surface area contributed by atoms with Crippen molar-refractivity contribution < 1.29 is 18.8 Å². The van der Waals surface area contributed by atoms with Gasteiger partial charge in [-0.3, -0.25) is 4.57 Å². The standard InChI is InChI=1S/C24H30N3O4P/c1-2-3-8-22(20-9-5-4-6-10-20)17-23-26-27-24(31-23)21-13-11-19(12-14-21)18-25-15-7-16-32(28,29)30/h4-6,9-14,17,25H,2-3,7-8,15-16,18H2,1H3,(H2,28,29,30)/b22-17-. The zero-order chi connectivity index (χ0) is 22.8. The first-order valence-electron chi connectivity index (χ1n) is 10.9. The van der Waals surface area contributed by atoms with Crippen molar-refractivity contribution in [3.63, 3.8) is 0 Å². The van der Waals surface area contributed by atoms with Crippen LogP contribution in [0.25, 0.3) is 23.1 Å². The van der Waals surface area contributed by atoms with Gasteiger partial charge < -0.3 is 19.5 Å². The second-order valence-corrected chi connectivity index (χ2v) is 9.48. The van der Waals surface area contributed by atoms with Gasteiger partial charge in [0.05, 0.1) is 6.16 Å². The highest BCUT2D eigenvalue weighted by Crippen LogP contribution is 2.34. The zero-order valence-corrected chi connectivity index (χ0v) is 19.2. The molecule has 0 aliphatic rings. The summed E-state index contributed by atoms with van der Waals surface area (Å²) in [4.78, 5) is 17.8. The second-order valence-electron chi connectivity index (χ2n) is 7.70. The van der Waals surface area contributed by atoms with Crippen LogP contribution in [0.1, 0.15) is 49.6 Å². The minimum Gasteiger partial charge on any atom is -0.417 e. The lowest BCUT2D eigenvalue weighted by molar-refractivity contribution is 0.371. The van der Waals surface area contributed by atoms with Crippen LogP contribution in [0.5, 0.6) is 0 Å². The Hall–Kier alpha value is -2.57. The smallest absolute Gasteiger partial charge is 0.325 e. The van der Waals surface area contributed by atoms with Crippen molar-refractivity contribution in [2.75, 3.05) is 12.7 Å². The molecule has 32 heavy (non-hydrogen) atoms. The van der Waals surface area contributed by atoms with E-state index in [0.717, 1.165) is 30.4 Å². The fourth-order valence-electron chi connectivity index (χ4n) is 3.29. The lowest BCUT2D eigenvalue weighted by Crippen LogP contribution is -2.15. The summed E-state index contributed by atoms with van der Waals surface area (Å²) in [5.74, 6) is 0.964. The van der Waals surface area contributed by atoms with Crippen molar-refractivity contribution in [3.8, 4) is 11.5 Å². The van der Waals surface area contributed by atoms with Crippen molar-refractivity contribution >= 4 is 19.2 Å². The Morgan fingerprint density at radius 2 is 1.81 bits per heavy atom. The predicted molar refractivity (Wildman–Crippen MR) is 127 cm³/mol. The topological polar surface area (TPSA) is 108 Å². The molecule has 0 fully saturated rings. The minimum absolute atomic E-state index is 0.0999. The molecular formula is C24H30N3O4P. The SMILES string of the molecule is CCCC/C(=C/c1nnc(-c2ccc(CNCCCP(=O)(O)O)cc2)o1)c1ccccc1. The molecule has 3 N–H and O–H groups in total. The van der Waals surface area contributed by atoms with Crippen molar-refractivity contribution in [2.24, 2.45) is 0 Å². The van der Waals surface area contributed by atoms with E-state index in [1.165, 1.54) is 11.1 Å². The van der Waals surface area contributed by atoms with Gasteiger partial charge in [-0.15, -0.1) is 10.2 Å². The number of nitrogens with zero attached hydrogens (tertiary/aromatic N) is 2. The van der Waals surface area contributed by atoms with Crippen molar-refractivity contribution in [1.82, 2.24) is 15.5 Å². The van der Waals surface area contributed by atoms with E-state index in [-0.39, 0.29) is 6.16 Å². The number of rotatable bonds is 12. The Kier molecular flexibility index (Phi) is 8.94. The number of allylic oxidation sites excluding steroid dienone is 1. The number of aromatic nitrogens is 2. The molecule has 0 radical (unpaired) electrons. The summed E-state index contributed by atoms with van der Waals surface area (Å²) in [6, 6.07) is 18.1. The first-order valence-corrected chi connectivity index (χ1v) is 12.7. The van der Waals surface area contributed by atoms with Gasteiger partial charge in [0.1, 0.15) is 0 Å². The molecular weight excluding hydrogens is 425 g/mol. The molecule has 0 saturated carbocycles. The molecule has 7 nitrogen and oxygen atoms in total. The Morgan fingerprint density at radius 3 is 2.50 bits per heavy atom. The van der Waals surface area contributed by atoms with Gasteiger partial charge in [0.2, 0.25) is 11.8 Å². The number of unbranched alkanes of at least 4 members (excludes halogenated alkanes) is 1. The number of hydrogen-bond donors (Lipinski definition) is 3. The minimum atomic E-state index is -3.92. The van der Waals surface area contributed by atoms with Crippen LogP contribution >= 0.6 is 7.60 Å². The van der Waals surface area contributed by atoms with Crippen LogP contribution in [-0.4, -0.2) is 32.7 Å². The third kappa shape index (κ3) is 7.84. The third-order valence-electron chi connectivity index (χ3n) is 5.02. The summed E-state index contributed by atoms with van der Waals surface area (Å²) >= 11 is 0. The van der Waals surface area contributed by atoms with E-state index < -0.39 is 7.60 Å². The fraction of sp³-hybridized carbons (Fsp3) is 0.333. The van der Waals surface area contributed by atoms with Gasteiger partial charge >= 0.3 is 7.60 Å². The molecule has 0 amide bonds. The van der Waals surface area contributed by atoms with E-state index in [9.17, 15) is 4.57 Å². The molecule has 1 aromatic heterocycles. The molecule has 170 valence electrons. The lowest BCUT2D eigenvalue weighted by Gasteiger charge is -2.06. The fourth-order valence-corrected chi connectivity index (χ4v) is 3.86. The maximum atomic E-state index is 10.9. The maximum Gasteiger partial charge on any atom is 0.325 e. The van der Waals surface area contributed by atoms with Gasteiger partial charge in [-0.2, -0.15) is 0 Å². The van der Waals surface area contributed by atoms with Crippen LogP contribution in [0, 0.1) is 0 Å². The van der Waals surface area contributed by atoms with E-state index in [1.807, 2.05) is 48.5 Å². The van der Waals surface area contributed by atoms with Gasteiger partial charge in [0.15, 0.2) is 0 Å². The highest BCUT2D eigenvalue weighted by Gasteiger charge is 2.11. The molecule has 0 unspecified atom stereocenters.